The summed E-state index contributed by atoms with van der Waals surface area (Å²) in [5.41, 5.74) is 0.430. The number of carbonyl (C=O) groups is 2. The molecule has 3 N–H and O–H groups in total. The molecule has 0 saturated heterocycles. The van der Waals surface area contributed by atoms with Gasteiger partial charge in [0.25, 0.3) is 0 Å². The van der Waals surface area contributed by atoms with Crippen molar-refractivity contribution < 1.29 is 19.4 Å². The summed E-state index contributed by atoms with van der Waals surface area (Å²) in [5.74, 6) is -0.0615. The van der Waals surface area contributed by atoms with Crippen molar-refractivity contribution in [1.29, 1.82) is 0 Å². The molecule has 2 aromatic carbocycles. The molecule has 3 rings (SSSR count). The fraction of sp³-hybridized carbons (Fsp3) is 0.586. The first-order valence-electron chi connectivity index (χ1n) is 13.0. The number of alkyl carbamates (subject to hydrolysis) is 1. The van der Waals surface area contributed by atoms with Crippen molar-refractivity contribution in [1.82, 2.24) is 10.6 Å². The predicted octanol–water partition coefficient (Wildman–Crippen LogP) is 5.36. The highest BCUT2D eigenvalue weighted by Crippen LogP contribution is 2.29. The standard InChI is InChI=1S/C29H42N2O4/c1-29(2,3)35-28(34)31-25(18-20-10-6-5-7-11-20)26(32)19-24(27(33)30-4)17-21-14-15-22-12-8-9-13-23(22)16-21/h8-9,12-16,20,24-26,32H,5-7,10-11,17-19H2,1-4H3,(H,30,33)(H,31,34)/t24-,25+,26+/m1/s1. The Kier molecular flexibility index (Phi) is 9.55. The maximum Gasteiger partial charge on any atom is 0.407 e. The lowest BCUT2D eigenvalue weighted by atomic mass is 9.82. The number of benzene rings is 2. The topological polar surface area (TPSA) is 87.7 Å². The minimum Gasteiger partial charge on any atom is -0.444 e. The molecule has 0 aliphatic heterocycles. The van der Waals surface area contributed by atoms with E-state index in [-0.39, 0.29) is 12.3 Å². The lowest BCUT2D eigenvalue weighted by molar-refractivity contribution is -0.125. The molecule has 2 amide bonds. The Hall–Kier alpha value is -2.60. The Morgan fingerprint density at radius 2 is 1.74 bits per heavy atom. The minimum atomic E-state index is -0.854. The van der Waals surface area contributed by atoms with Crippen LogP contribution in [0.5, 0.6) is 0 Å². The van der Waals surface area contributed by atoms with Gasteiger partial charge in [0.2, 0.25) is 5.91 Å². The molecule has 2 aromatic rings. The Morgan fingerprint density at radius 3 is 2.40 bits per heavy atom. The van der Waals surface area contributed by atoms with E-state index < -0.39 is 29.8 Å². The molecule has 1 aliphatic rings. The van der Waals surface area contributed by atoms with Crippen molar-refractivity contribution in [3.63, 3.8) is 0 Å². The number of hydrogen-bond acceptors (Lipinski definition) is 4. The summed E-state index contributed by atoms with van der Waals surface area (Å²) in [6.45, 7) is 5.47. The third kappa shape index (κ3) is 8.53. The monoisotopic (exact) mass is 482 g/mol. The van der Waals surface area contributed by atoms with Gasteiger partial charge in [0.15, 0.2) is 0 Å². The number of aliphatic hydroxyl groups is 1. The zero-order valence-corrected chi connectivity index (χ0v) is 21.7. The van der Waals surface area contributed by atoms with Crippen LogP contribution in [0.4, 0.5) is 4.79 Å². The van der Waals surface area contributed by atoms with Crippen LogP contribution in [-0.2, 0) is 16.0 Å². The molecule has 6 heteroatoms. The van der Waals surface area contributed by atoms with Crippen LogP contribution in [0, 0.1) is 11.8 Å². The van der Waals surface area contributed by atoms with Crippen molar-refractivity contribution in [2.75, 3.05) is 7.05 Å². The molecule has 6 nitrogen and oxygen atoms in total. The molecule has 0 bridgehead atoms. The van der Waals surface area contributed by atoms with Gasteiger partial charge >= 0.3 is 6.09 Å². The number of nitrogens with one attached hydrogen (secondary N) is 2. The van der Waals surface area contributed by atoms with Crippen molar-refractivity contribution in [2.45, 2.75) is 89.9 Å². The van der Waals surface area contributed by atoms with Crippen LogP contribution in [0.15, 0.2) is 42.5 Å². The first-order valence-corrected chi connectivity index (χ1v) is 13.0. The van der Waals surface area contributed by atoms with Gasteiger partial charge in [0, 0.05) is 13.0 Å². The first-order chi connectivity index (χ1) is 16.6. The molecule has 0 heterocycles. The largest absolute Gasteiger partial charge is 0.444 e. The summed E-state index contributed by atoms with van der Waals surface area (Å²) in [6.07, 6.45) is 5.92. The second-order valence-electron chi connectivity index (χ2n) is 11.0. The van der Waals surface area contributed by atoms with Gasteiger partial charge in [-0.15, -0.1) is 0 Å². The SMILES string of the molecule is CNC(=O)[C@H](Cc1ccc2ccccc2c1)C[C@H](O)[C@H](CC1CCCCC1)NC(=O)OC(C)(C)C. The van der Waals surface area contributed by atoms with E-state index in [1.807, 2.05) is 39.0 Å². The van der Waals surface area contributed by atoms with Crippen LogP contribution in [0.1, 0.15) is 71.3 Å². The Balaban J connectivity index is 1.74. The van der Waals surface area contributed by atoms with E-state index in [0.717, 1.165) is 29.2 Å². The van der Waals surface area contributed by atoms with Gasteiger partial charge in [-0.2, -0.15) is 0 Å². The summed E-state index contributed by atoms with van der Waals surface area (Å²) in [4.78, 5) is 25.4. The molecule has 192 valence electrons. The second kappa shape index (κ2) is 12.4. The molecule has 0 spiro atoms. The number of hydrogen-bond donors (Lipinski definition) is 3. The normalized spacial score (nSPS) is 17.4. The second-order valence-corrected chi connectivity index (χ2v) is 11.0. The Morgan fingerprint density at radius 1 is 1.06 bits per heavy atom. The fourth-order valence-electron chi connectivity index (χ4n) is 5.15. The summed E-state index contributed by atoms with van der Waals surface area (Å²) < 4.78 is 5.48. The number of aliphatic hydroxyl groups excluding tert-OH is 1. The van der Waals surface area contributed by atoms with Crippen LogP contribution >= 0.6 is 0 Å². The molecule has 0 aromatic heterocycles. The molecule has 0 unspecified atom stereocenters. The van der Waals surface area contributed by atoms with E-state index in [1.54, 1.807) is 7.05 Å². The van der Waals surface area contributed by atoms with E-state index in [2.05, 4.69) is 34.9 Å². The molecule has 3 atom stereocenters. The van der Waals surface area contributed by atoms with E-state index in [1.165, 1.54) is 19.3 Å². The first kappa shape index (κ1) is 27.0. The third-order valence-electron chi connectivity index (χ3n) is 6.92. The zero-order valence-electron chi connectivity index (χ0n) is 21.7. The van der Waals surface area contributed by atoms with Crippen molar-refractivity contribution in [3.8, 4) is 0 Å². The molecule has 1 aliphatic carbocycles. The van der Waals surface area contributed by atoms with Crippen LogP contribution < -0.4 is 10.6 Å². The van der Waals surface area contributed by atoms with Gasteiger partial charge in [0.05, 0.1) is 12.1 Å². The highest BCUT2D eigenvalue weighted by atomic mass is 16.6. The lowest BCUT2D eigenvalue weighted by Gasteiger charge is -2.32. The highest BCUT2D eigenvalue weighted by molar-refractivity contribution is 5.83. The van der Waals surface area contributed by atoms with Gasteiger partial charge in [0.1, 0.15) is 5.60 Å². The average molecular weight is 483 g/mol. The smallest absolute Gasteiger partial charge is 0.407 e. The zero-order chi connectivity index (χ0) is 25.4. The molecule has 35 heavy (non-hydrogen) atoms. The summed E-state index contributed by atoms with van der Waals surface area (Å²) in [6, 6.07) is 13.9. The van der Waals surface area contributed by atoms with Crippen LogP contribution in [0.2, 0.25) is 0 Å². The quantitative estimate of drug-likeness (QED) is 0.449. The molecular formula is C29H42N2O4. The highest BCUT2D eigenvalue weighted by Gasteiger charge is 2.31. The Bertz CT molecular complexity index is 978. The van der Waals surface area contributed by atoms with Crippen molar-refractivity contribution >= 4 is 22.8 Å². The number of amides is 2. The van der Waals surface area contributed by atoms with E-state index in [9.17, 15) is 14.7 Å². The summed E-state index contributed by atoms with van der Waals surface area (Å²) in [5, 5.41) is 19.3. The average Bonchev–Trinajstić information content (AvgIpc) is 2.82. The fourth-order valence-corrected chi connectivity index (χ4v) is 5.15. The van der Waals surface area contributed by atoms with Crippen molar-refractivity contribution in [3.05, 3.63) is 48.0 Å². The Labute approximate surface area is 209 Å². The van der Waals surface area contributed by atoms with E-state index in [0.29, 0.717) is 18.8 Å². The predicted molar refractivity (Wildman–Crippen MR) is 140 cm³/mol. The van der Waals surface area contributed by atoms with Crippen molar-refractivity contribution in [2.24, 2.45) is 11.8 Å². The number of rotatable bonds is 9. The molecule has 1 saturated carbocycles. The van der Waals surface area contributed by atoms with Gasteiger partial charge in [-0.3, -0.25) is 4.79 Å². The van der Waals surface area contributed by atoms with E-state index >= 15 is 0 Å². The van der Waals surface area contributed by atoms with E-state index in [4.69, 9.17) is 4.74 Å². The summed E-state index contributed by atoms with van der Waals surface area (Å²) in [7, 11) is 1.63. The number of ether oxygens (including phenoxy) is 1. The molecule has 1 fully saturated rings. The summed E-state index contributed by atoms with van der Waals surface area (Å²) >= 11 is 0. The lowest BCUT2D eigenvalue weighted by Crippen LogP contribution is -2.48. The van der Waals surface area contributed by atoms with Crippen LogP contribution in [0.3, 0.4) is 0 Å². The van der Waals surface area contributed by atoms with Crippen LogP contribution in [-0.4, -0.2) is 41.9 Å². The maximum atomic E-state index is 12.8. The van der Waals surface area contributed by atoms with Gasteiger partial charge < -0.3 is 20.5 Å². The number of carbonyl (C=O) groups excluding carboxylic acids is 2. The number of fused-ring (bicyclic) bond motifs is 1. The van der Waals surface area contributed by atoms with Gasteiger partial charge in [-0.25, -0.2) is 4.79 Å². The van der Waals surface area contributed by atoms with Gasteiger partial charge in [-0.1, -0.05) is 74.6 Å². The third-order valence-corrected chi connectivity index (χ3v) is 6.92. The minimum absolute atomic E-state index is 0.106. The molecular weight excluding hydrogens is 440 g/mol. The maximum absolute atomic E-state index is 12.8. The molecule has 0 radical (unpaired) electrons. The van der Waals surface area contributed by atoms with Gasteiger partial charge in [-0.05, 0) is 62.3 Å². The van der Waals surface area contributed by atoms with Crippen LogP contribution in [0.25, 0.3) is 10.8 Å².